The number of allylic oxidation sites excluding steroid dienone is 1. The van der Waals surface area contributed by atoms with E-state index in [-0.39, 0.29) is 6.42 Å². The van der Waals surface area contributed by atoms with Gasteiger partial charge in [0.15, 0.2) is 6.67 Å². The van der Waals surface area contributed by atoms with Gasteiger partial charge in [-0.15, -0.1) is 6.58 Å². The smallest absolute Gasteiger partial charge is 0.247 e. The van der Waals surface area contributed by atoms with E-state index in [2.05, 4.69) is 6.58 Å². The second kappa shape index (κ2) is 4.36. The summed E-state index contributed by atoms with van der Waals surface area (Å²) in [5.41, 5.74) is 0. The first-order chi connectivity index (χ1) is 5.02. The molecule has 0 nitrogen and oxygen atoms in total. The number of rotatable bonds is 5. The van der Waals surface area contributed by atoms with Crippen LogP contribution < -0.4 is 0 Å². The molecule has 0 N–H and O–H groups in total. The van der Waals surface area contributed by atoms with Gasteiger partial charge >= 0.3 is 0 Å². The largest absolute Gasteiger partial charge is 0.278 e. The van der Waals surface area contributed by atoms with Crippen molar-refractivity contribution in [1.29, 1.82) is 0 Å². The van der Waals surface area contributed by atoms with E-state index in [4.69, 9.17) is 0 Å². The summed E-state index contributed by atoms with van der Waals surface area (Å²) in [6, 6.07) is 0. The molecule has 66 valence electrons. The number of hydrogen-bond donors (Lipinski definition) is 0. The molecule has 1 atom stereocenters. The maximum Gasteiger partial charge on any atom is 0.278 e. The molecular formula is C7H10F4. The minimum Gasteiger partial charge on any atom is -0.247 e. The van der Waals surface area contributed by atoms with Gasteiger partial charge in [0.25, 0.3) is 5.92 Å². The van der Waals surface area contributed by atoms with Crippen LogP contribution in [0.2, 0.25) is 0 Å². The zero-order valence-electron chi connectivity index (χ0n) is 5.99. The molecule has 0 fully saturated rings. The summed E-state index contributed by atoms with van der Waals surface area (Å²) in [6.07, 6.45) is -1.72. The summed E-state index contributed by atoms with van der Waals surface area (Å²) in [7, 11) is 0. The second-order valence-electron chi connectivity index (χ2n) is 2.32. The number of hydrogen-bond acceptors (Lipinski definition) is 0. The maximum atomic E-state index is 12.4. The highest BCUT2D eigenvalue weighted by molar-refractivity contribution is 4.77. The maximum absolute atomic E-state index is 12.4. The van der Waals surface area contributed by atoms with Gasteiger partial charge in [0.05, 0.1) is 0 Å². The number of alkyl halides is 4. The van der Waals surface area contributed by atoms with Gasteiger partial charge in [-0.3, -0.25) is 0 Å². The van der Waals surface area contributed by atoms with Crippen LogP contribution in [0.15, 0.2) is 12.7 Å². The van der Waals surface area contributed by atoms with E-state index in [1.165, 1.54) is 6.08 Å². The second-order valence-corrected chi connectivity index (χ2v) is 2.32. The van der Waals surface area contributed by atoms with Crippen LogP contribution in [0, 0.1) is 0 Å². The minimum absolute atomic E-state index is 0.157. The summed E-state index contributed by atoms with van der Waals surface area (Å²) in [5.74, 6) is -3.53. The lowest BCUT2D eigenvalue weighted by molar-refractivity contribution is -0.0471. The third kappa shape index (κ3) is 4.81. The monoisotopic (exact) mass is 170 g/mol. The lowest BCUT2D eigenvalue weighted by Gasteiger charge is -2.13. The fraction of sp³-hybridized carbons (Fsp3) is 0.714. The lowest BCUT2D eigenvalue weighted by atomic mass is 10.1. The van der Waals surface area contributed by atoms with Crippen LogP contribution in [0.1, 0.15) is 12.8 Å². The molecule has 1 unspecified atom stereocenters. The average Bonchev–Trinajstić information content (AvgIpc) is 1.87. The van der Waals surface area contributed by atoms with Gasteiger partial charge in [-0.1, -0.05) is 6.08 Å². The third-order valence-corrected chi connectivity index (χ3v) is 1.14. The molecule has 0 saturated carbocycles. The van der Waals surface area contributed by atoms with Crippen molar-refractivity contribution in [2.24, 2.45) is 0 Å². The van der Waals surface area contributed by atoms with Gasteiger partial charge in [0.1, 0.15) is 6.17 Å². The van der Waals surface area contributed by atoms with Crippen molar-refractivity contribution < 1.29 is 17.6 Å². The molecular weight excluding hydrogens is 160 g/mol. The van der Waals surface area contributed by atoms with Crippen LogP contribution in [0.4, 0.5) is 17.6 Å². The Hall–Kier alpha value is -0.540. The van der Waals surface area contributed by atoms with Crippen LogP contribution in [-0.2, 0) is 0 Å². The first-order valence-corrected chi connectivity index (χ1v) is 3.20. The van der Waals surface area contributed by atoms with Crippen molar-refractivity contribution in [3.8, 4) is 0 Å². The van der Waals surface area contributed by atoms with Gasteiger partial charge < -0.3 is 0 Å². The Morgan fingerprint density at radius 2 is 2.00 bits per heavy atom. The van der Waals surface area contributed by atoms with E-state index < -0.39 is 25.2 Å². The summed E-state index contributed by atoms with van der Waals surface area (Å²) in [4.78, 5) is 0. The Kier molecular flexibility index (Phi) is 4.15. The minimum atomic E-state index is -3.53. The van der Waals surface area contributed by atoms with Crippen molar-refractivity contribution in [2.75, 3.05) is 6.67 Å². The van der Waals surface area contributed by atoms with Gasteiger partial charge in [-0.25, -0.2) is 17.6 Å². The van der Waals surface area contributed by atoms with Crippen LogP contribution in [-0.4, -0.2) is 18.8 Å². The van der Waals surface area contributed by atoms with E-state index in [0.29, 0.717) is 0 Å². The fourth-order valence-electron chi connectivity index (χ4n) is 0.643. The molecule has 11 heavy (non-hydrogen) atoms. The highest BCUT2D eigenvalue weighted by atomic mass is 19.3. The van der Waals surface area contributed by atoms with E-state index in [1.807, 2.05) is 0 Å². The Morgan fingerprint density at radius 1 is 1.45 bits per heavy atom. The van der Waals surface area contributed by atoms with E-state index in [1.54, 1.807) is 0 Å². The molecule has 0 bridgehead atoms. The summed E-state index contributed by atoms with van der Waals surface area (Å²) in [6.45, 7) is 1.38. The zero-order valence-corrected chi connectivity index (χ0v) is 5.99. The summed E-state index contributed by atoms with van der Waals surface area (Å²) in [5, 5.41) is 0. The standard InChI is InChI=1S/C7H10F4/c1-2-3-6(9)4-7(10,11)5-8/h2,6H,1,3-5H2. The van der Waals surface area contributed by atoms with E-state index in [0.717, 1.165) is 0 Å². The molecule has 0 amide bonds. The fourth-order valence-corrected chi connectivity index (χ4v) is 0.643. The Bertz CT molecular complexity index is 122. The first kappa shape index (κ1) is 10.5. The molecule has 0 aromatic rings. The molecule has 0 radical (unpaired) electrons. The zero-order chi connectivity index (χ0) is 8.91. The SMILES string of the molecule is C=CCC(F)CC(F)(F)CF. The first-order valence-electron chi connectivity index (χ1n) is 3.20. The topological polar surface area (TPSA) is 0 Å². The van der Waals surface area contributed by atoms with Crippen molar-refractivity contribution in [3.63, 3.8) is 0 Å². The third-order valence-electron chi connectivity index (χ3n) is 1.14. The van der Waals surface area contributed by atoms with Crippen molar-refractivity contribution in [3.05, 3.63) is 12.7 Å². The molecule has 0 aromatic carbocycles. The van der Waals surface area contributed by atoms with Crippen LogP contribution >= 0.6 is 0 Å². The molecule has 4 heteroatoms. The summed E-state index contributed by atoms with van der Waals surface area (Å²) < 4.78 is 48.0. The highest BCUT2D eigenvalue weighted by Gasteiger charge is 2.32. The molecule has 0 rings (SSSR count). The number of halogens is 4. The van der Waals surface area contributed by atoms with Gasteiger partial charge in [-0.2, -0.15) is 0 Å². The van der Waals surface area contributed by atoms with Crippen molar-refractivity contribution >= 4 is 0 Å². The van der Waals surface area contributed by atoms with Gasteiger partial charge in [0.2, 0.25) is 0 Å². The van der Waals surface area contributed by atoms with E-state index >= 15 is 0 Å². The van der Waals surface area contributed by atoms with Crippen molar-refractivity contribution in [1.82, 2.24) is 0 Å². The summed E-state index contributed by atoms with van der Waals surface area (Å²) >= 11 is 0. The predicted molar refractivity (Wildman–Crippen MR) is 35.2 cm³/mol. The van der Waals surface area contributed by atoms with Crippen LogP contribution in [0.3, 0.4) is 0 Å². The Labute approximate surface area is 62.9 Å². The molecule has 0 heterocycles. The molecule has 0 aliphatic rings. The van der Waals surface area contributed by atoms with Crippen LogP contribution in [0.25, 0.3) is 0 Å². The van der Waals surface area contributed by atoms with Gasteiger partial charge in [-0.05, 0) is 6.42 Å². The predicted octanol–water partition coefficient (Wildman–Crippen LogP) is 2.90. The molecule has 0 aliphatic heterocycles. The average molecular weight is 170 g/mol. The van der Waals surface area contributed by atoms with Gasteiger partial charge in [0, 0.05) is 6.42 Å². The van der Waals surface area contributed by atoms with Crippen LogP contribution in [0.5, 0.6) is 0 Å². The quantitative estimate of drug-likeness (QED) is 0.439. The Balaban J connectivity index is 3.72. The lowest BCUT2D eigenvalue weighted by Crippen LogP contribution is -2.23. The molecule has 0 spiro atoms. The molecule has 0 aromatic heterocycles. The van der Waals surface area contributed by atoms with Crippen molar-refractivity contribution in [2.45, 2.75) is 24.9 Å². The molecule has 0 aliphatic carbocycles. The Morgan fingerprint density at radius 3 is 2.36 bits per heavy atom. The van der Waals surface area contributed by atoms with E-state index in [9.17, 15) is 17.6 Å². The normalized spacial score (nSPS) is 14.5. The highest BCUT2D eigenvalue weighted by Crippen LogP contribution is 2.23. The molecule has 0 saturated heterocycles.